The quantitative estimate of drug-likeness (QED) is 0.416. The van der Waals surface area contributed by atoms with Crippen LogP contribution in [0.1, 0.15) is 5.69 Å². The molecule has 0 fully saturated rings. The fourth-order valence-electron chi connectivity index (χ4n) is 2.93. The number of hydrogen-bond acceptors (Lipinski definition) is 5. The van der Waals surface area contributed by atoms with Crippen molar-refractivity contribution in [3.05, 3.63) is 88.9 Å². The Labute approximate surface area is 155 Å². The standard InChI is InChI=1S/C20H17N5O2/c26-25(27)17-9-10-18(23-20(17)15-6-2-1-3-7-15)21-12-11-16-14-24-13-5-4-8-19(24)22-16/h1-10,13-14H,11-12H2,(H,21,23). The third-order valence-electron chi connectivity index (χ3n) is 4.22. The second kappa shape index (κ2) is 7.25. The van der Waals surface area contributed by atoms with Crippen LogP contribution in [0.2, 0.25) is 0 Å². The maximum absolute atomic E-state index is 11.3. The van der Waals surface area contributed by atoms with Gasteiger partial charge in [0, 0.05) is 37.0 Å². The van der Waals surface area contributed by atoms with E-state index in [9.17, 15) is 10.1 Å². The molecule has 0 amide bonds. The highest BCUT2D eigenvalue weighted by molar-refractivity contribution is 5.71. The van der Waals surface area contributed by atoms with E-state index >= 15 is 0 Å². The summed E-state index contributed by atoms with van der Waals surface area (Å²) >= 11 is 0. The second-order valence-corrected chi connectivity index (χ2v) is 6.06. The molecule has 0 spiro atoms. The van der Waals surface area contributed by atoms with E-state index in [1.807, 2.05) is 65.3 Å². The first-order chi connectivity index (χ1) is 13.2. The zero-order valence-corrected chi connectivity index (χ0v) is 14.4. The molecule has 4 aromatic rings. The van der Waals surface area contributed by atoms with Gasteiger partial charge in [0.15, 0.2) is 5.69 Å². The molecule has 0 saturated heterocycles. The van der Waals surface area contributed by atoms with Crippen LogP contribution in [-0.4, -0.2) is 25.8 Å². The number of pyridine rings is 2. The third-order valence-corrected chi connectivity index (χ3v) is 4.22. The van der Waals surface area contributed by atoms with Crippen molar-refractivity contribution >= 4 is 17.2 Å². The fraction of sp³-hybridized carbons (Fsp3) is 0.100. The summed E-state index contributed by atoms with van der Waals surface area (Å²) in [6.45, 7) is 0.628. The molecule has 3 aromatic heterocycles. The smallest absolute Gasteiger partial charge is 0.295 e. The van der Waals surface area contributed by atoms with E-state index in [0.717, 1.165) is 17.8 Å². The van der Waals surface area contributed by atoms with Crippen LogP contribution in [0.25, 0.3) is 16.9 Å². The van der Waals surface area contributed by atoms with Gasteiger partial charge in [0.1, 0.15) is 11.5 Å². The molecule has 0 aliphatic rings. The summed E-state index contributed by atoms with van der Waals surface area (Å²) in [6.07, 6.45) is 4.68. The summed E-state index contributed by atoms with van der Waals surface area (Å²) in [4.78, 5) is 19.9. The molecule has 4 rings (SSSR count). The Kier molecular flexibility index (Phi) is 4.49. The Bertz CT molecular complexity index is 1060. The number of nitrogens with zero attached hydrogens (tertiary/aromatic N) is 4. The molecule has 27 heavy (non-hydrogen) atoms. The zero-order valence-electron chi connectivity index (χ0n) is 14.4. The highest BCUT2D eigenvalue weighted by Gasteiger charge is 2.17. The van der Waals surface area contributed by atoms with Gasteiger partial charge in [-0.1, -0.05) is 36.4 Å². The normalized spacial score (nSPS) is 10.8. The van der Waals surface area contributed by atoms with Gasteiger partial charge in [0.2, 0.25) is 0 Å². The van der Waals surface area contributed by atoms with Gasteiger partial charge in [0.05, 0.1) is 10.6 Å². The van der Waals surface area contributed by atoms with Crippen LogP contribution in [0.4, 0.5) is 11.5 Å². The van der Waals surface area contributed by atoms with Gasteiger partial charge in [-0.3, -0.25) is 10.1 Å². The second-order valence-electron chi connectivity index (χ2n) is 6.06. The van der Waals surface area contributed by atoms with Gasteiger partial charge >= 0.3 is 0 Å². The molecule has 0 bridgehead atoms. The number of fused-ring (bicyclic) bond motifs is 1. The van der Waals surface area contributed by atoms with Crippen LogP contribution in [0.3, 0.4) is 0 Å². The molecule has 134 valence electrons. The lowest BCUT2D eigenvalue weighted by atomic mass is 10.1. The zero-order chi connectivity index (χ0) is 18.6. The van der Waals surface area contributed by atoms with Crippen molar-refractivity contribution < 1.29 is 4.92 Å². The van der Waals surface area contributed by atoms with Crippen molar-refractivity contribution in [2.45, 2.75) is 6.42 Å². The van der Waals surface area contributed by atoms with Gasteiger partial charge in [-0.15, -0.1) is 0 Å². The average Bonchev–Trinajstić information content (AvgIpc) is 3.11. The molecule has 0 atom stereocenters. The van der Waals surface area contributed by atoms with Crippen LogP contribution in [-0.2, 0) is 6.42 Å². The molecular weight excluding hydrogens is 342 g/mol. The summed E-state index contributed by atoms with van der Waals surface area (Å²) in [6, 6.07) is 18.2. The summed E-state index contributed by atoms with van der Waals surface area (Å²) in [7, 11) is 0. The number of imidazole rings is 1. The highest BCUT2D eigenvalue weighted by Crippen LogP contribution is 2.29. The van der Waals surface area contributed by atoms with Gasteiger partial charge in [-0.2, -0.15) is 0 Å². The first-order valence-electron chi connectivity index (χ1n) is 8.58. The Morgan fingerprint density at radius 1 is 1.00 bits per heavy atom. The topological polar surface area (TPSA) is 85.4 Å². The van der Waals surface area contributed by atoms with Crippen LogP contribution in [0.15, 0.2) is 73.1 Å². The van der Waals surface area contributed by atoms with Gasteiger partial charge in [0.25, 0.3) is 5.69 Å². The highest BCUT2D eigenvalue weighted by atomic mass is 16.6. The molecule has 7 heteroatoms. The maximum atomic E-state index is 11.3. The number of anilines is 1. The van der Waals surface area contributed by atoms with E-state index in [1.165, 1.54) is 6.07 Å². The van der Waals surface area contributed by atoms with Crippen molar-refractivity contribution in [1.82, 2.24) is 14.4 Å². The van der Waals surface area contributed by atoms with E-state index in [0.29, 0.717) is 23.6 Å². The Morgan fingerprint density at radius 2 is 1.81 bits per heavy atom. The molecular formula is C20H17N5O2. The number of benzene rings is 1. The van der Waals surface area contributed by atoms with E-state index < -0.39 is 4.92 Å². The summed E-state index contributed by atoms with van der Waals surface area (Å²) in [5.41, 5.74) is 2.95. The van der Waals surface area contributed by atoms with Crippen LogP contribution in [0.5, 0.6) is 0 Å². The largest absolute Gasteiger partial charge is 0.370 e. The minimum Gasteiger partial charge on any atom is -0.370 e. The minimum atomic E-state index is -0.407. The SMILES string of the molecule is O=[N+]([O-])c1ccc(NCCc2cn3ccccc3n2)nc1-c1ccccc1. The van der Waals surface area contributed by atoms with Crippen molar-refractivity contribution in [3.63, 3.8) is 0 Å². The summed E-state index contributed by atoms with van der Waals surface area (Å²) < 4.78 is 1.98. The van der Waals surface area contributed by atoms with E-state index in [2.05, 4.69) is 15.3 Å². The lowest BCUT2D eigenvalue weighted by Crippen LogP contribution is -2.07. The maximum Gasteiger partial charge on any atom is 0.295 e. The van der Waals surface area contributed by atoms with Gasteiger partial charge in [-0.05, 0) is 18.2 Å². The lowest BCUT2D eigenvalue weighted by molar-refractivity contribution is -0.384. The van der Waals surface area contributed by atoms with E-state index in [4.69, 9.17) is 0 Å². The molecule has 0 aliphatic carbocycles. The fourth-order valence-corrected chi connectivity index (χ4v) is 2.93. The van der Waals surface area contributed by atoms with Crippen LogP contribution in [0, 0.1) is 10.1 Å². The Morgan fingerprint density at radius 3 is 2.59 bits per heavy atom. The minimum absolute atomic E-state index is 0.00731. The van der Waals surface area contributed by atoms with Crippen molar-refractivity contribution in [1.29, 1.82) is 0 Å². The number of rotatable bonds is 6. The van der Waals surface area contributed by atoms with E-state index in [-0.39, 0.29) is 5.69 Å². The molecule has 1 N–H and O–H groups in total. The van der Waals surface area contributed by atoms with E-state index in [1.54, 1.807) is 6.07 Å². The third kappa shape index (κ3) is 3.62. The number of aromatic nitrogens is 3. The predicted molar refractivity (Wildman–Crippen MR) is 104 cm³/mol. The molecule has 1 aromatic carbocycles. The number of nitro groups is 1. The predicted octanol–water partition coefficient (Wildman–Crippen LogP) is 3.96. The lowest BCUT2D eigenvalue weighted by Gasteiger charge is -2.08. The van der Waals surface area contributed by atoms with Gasteiger partial charge < -0.3 is 9.72 Å². The molecule has 0 saturated carbocycles. The van der Waals surface area contributed by atoms with Crippen LogP contribution < -0.4 is 5.32 Å². The Balaban J connectivity index is 1.51. The average molecular weight is 359 g/mol. The Hall–Kier alpha value is -3.74. The molecule has 0 radical (unpaired) electrons. The number of nitrogens with one attached hydrogen (secondary N) is 1. The summed E-state index contributed by atoms with van der Waals surface area (Å²) in [5.74, 6) is 0.600. The van der Waals surface area contributed by atoms with Crippen molar-refractivity contribution in [2.75, 3.05) is 11.9 Å². The molecule has 3 heterocycles. The number of hydrogen-bond donors (Lipinski definition) is 1. The monoisotopic (exact) mass is 359 g/mol. The van der Waals surface area contributed by atoms with Crippen LogP contribution >= 0.6 is 0 Å². The van der Waals surface area contributed by atoms with Crippen molar-refractivity contribution in [2.24, 2.45) is 0 Å². The first-order valence-corrected chi connectivity index (χ1v) is 8.58. The van der Waals surface area contributed by atoms with Gasteiger partial charge in [-0.25, -0.2) is 9.97 Å². The summed E-state index contributed by atoms with van der Waals surface area (Å²) in [5, 5.41) is 14.6. The molecule has 0 unspecified atom stereocenters. The van der Waals surface area contributed by atoms with Crippen molar-refractivity contribution in [3.8, 4) is 11.3 Å². The molecule has 0 aliphatic heterocycles. The first kappa shape index (κ1) is 16.7. The molecule has 7 nitrogen and oxygen atoms in total.